The molecule has 31 heavy (non-hydrogen) atoms. The Morgan fingerprint density at radius 3 is 2.48 bits per heavy atom. The van der Waals surface area contributed by atoms with E-state index in [1.165, 1.54) is 54.1 Å². The van der Waals surface area contributed by atoms with Crippen molar-refractivity contribution in [2.24, 2.45) is 5.73 Å². The van der Waals surface area contributed by atoms with Gasteiger partial charge in [-0.2, -0.15) is 0 Å². The SMILES string of the molecule is Cl.Cl.NCCCNCCC(c1ccncc1)c1cn(C2CCCCC2)c2ccccc12. The Balaban J connectivity index is 0.00000171. The van der Waals surface area contributed by atoms with E-state index in [1.54, 1.807) is 0 Å². The molecule has 2 heterocycles. The van der Waals surface area contributed by atoms with E-state index in [0.717, 1.165) is 32.5 Å². The third-order valence-corrected chi connectivity index (χ3v) is 6.39. The second kappa shape index (κ2) is 13.1. The fourth-order valence-corrected chi connectivity index (χ4v) is 4.87. The number of nitrogens with zero attached hydrogens (tertiary/aromatic N) is 2. The monoisotopic (exact) mass is 462 g/mol. The lowest BCUT2D eigenvalue weighted by Crippen LogP contribution is -2.21. The second-order valence-electron chi connectivity index (χ2n) is 8.31. The number of fused-ring (bicyclic) bond motifs is 1. The van der Waals surface area contributed by atoms with Gasteiger partial charge in [-0.15, -0.1) is 24.8 Å². The van der Waals surface area contributed by atoms with E-state index in [9.17, 15) is 0 Å². The van der Waals surface area contributed by atoms with Gasteiger partial charge in [0.2, 0.25) is 0 Å². The summed E-state index contributed by atoms with van der Waals surface area (Å²) in [5.74, 6) is 0.373. The molecule has 3 aromatic rings. The van der Waals surface area contributed by atoms with Gasteiger partial charge >= 0.3 is 0 Å². The molecule has 1 atom stereocenters. The lowest BCUT2D eigenvalue weighted by molar-refractivity contribution is 0.360. The van der Waals surface area contributed by atoms with E-state index >= 15 is 0 Å². The molecule has 1 saturated carbocycles. The van der Waals surface area contributed by atoms with Crippen LogP contribution in [0.15, 0.2) is 55.0 Å². The Labute approximate surface area is 198 Å². The molecule has 2 aromatic heterocycles. The van der Waals surface area contributed by atoms with Crippen molar-refractivity contribution in [3.05, 3.63) is 66.1 Å². The summed E-state index contributed by atoms with van der Waals surface area (Å²) in [5.41, 5.74) is 9.84. The zero-order chi connectivity index (χ0) is 19.9. The molecule has 0 bridgehead atoms. The van der Waals surface area contributed by atoms with Crippen LogP contribution in [0.5, 0.6) is 0 Å². The molecule has 1 aliphatic carbocycles. The van der Waals surface area contributed by atoms with Crippen molar-refractivity contribution in [1.29, 1.82) is 0 Å². The minimum atomic E-state index is 0. The molecule has 6 heteroatoms. The van der Waals surface area contributed by atoms with Crippen molar-refractivity contribution in [2.75, 3.05) is 19.6 Å². The predicted octanol–water partition coefficient (Wildman–Crippen LogP) is 5.85. The van der Waals surface area contributed by atoms with E-state index in [0.29, 0.717) is 12.0 Å². The highest BCUT2D eigenvalue weighted by molar-refractivity contribution is 5.86. The molecular formula is C25H36Cl2N4. The lowest BCUT2D eigenvalue weighted by atomic mass is 9.89. The molecule has 1 aromatic carbocycles. The van der Waals surface area contributed by atoms with E-state index < -0.39 is 0 Å². The average Bonchev–Trinajstić information content (AvgIpc) is 3.17. The van der Waals surface area contributed by atoms with Gasteiger partial charge in [0.25, 0.3) is 0 Å². The second-order valence-corrected chi connectivity index (χ2v) is 8.31. The standard InChI is InChI=1S/C25H34N4.2ClH/c26-14-6-15-27-18-13-22(20-11-16-28-17-12-20)24-19-29(21-7-2-1-3-8-21)25-10-5-4-9-23(24)25;;/h4-5,9-12,16-17,19,21-22,27H,1-3,6-8,13-15,18,26H2;2*1H. The first-order valence-electron chi connectivity index (χ1n) is 11.3. The first-order chi connectivity index (χ1) is 14.4. The smallest absolute Gasteiger partial charge is 0.0485 e. The first kappa shape index (κ1) is 25.7. The van der Waals surface area contributed by atoms with Gasteiger partial charge in [-0.05, 0) is 74.6 Å². The highest BCUT2D eigenvalue weighted by Crippen LogP contribution is 2.38. The van der Waals surface area contributed by atoms with Crippen LogP contribution in [0, 0.1) is 0 Å². The summed E-state index contributed by atoms with van der Waals surface area (Å²) in [6.45, 7) is 2.73. The van der Waals surface area contributed by atoms with Crippen LogP contribution in [0.4, 0.5) is 0 Å². The van der Waals surface area contributed by atoms with E-state index in [1.807, 2.05) is 12.4 Å². The topological polar surface area (TPSA) is 55.9 Å². The minimum absolute atomic E-state index is 0. The van der Waals surface area contributed by atoms with Gasteiger partial charge in [0.1, 0.15) is 0 Å². The maximum atomic E-state index is 5.64. The normalized spacial score (nSPS) is 15.3. The van der Waals surface area contributed by atoms with Crippen LogP contribution in [-0.2, 0) is 0 Å². The number of halogens is 2. The number of nitrogens with two attached hydrogens (primary N) is 1. The Morgan fingerprint density at radius 1 is 1.00 bits per heavy atom. The van der Waals surface area contributed by atoms with Gasteiger partial charge in [0.05, 0.1) is 0 Å². The molecule has 1 aliphatic rings. The summed E-state index contributed by atoms with van der Waals surface area (Å²) in [6.07, 6.45) is 15.1. The molecule has 1 unspecified atom stereocenters. The van der Waals surface area contributed by atoms with Crippen LogP contribution in [0.1, 0.15) is 68.0 Å². The summed E-state index contributed by atoms with van der Waals surface area (Å²) in [5, 5.41) is 4.98. The molecular weight excluding hydrogens is 427 g/mol. The Hall–Kier alpha value is -1.59. The molecule has 0 aliphatic heterocycles. The van der Waals surface area contributed by atoms with Crippen molar-refractivity contribution in [1.82, 2.24) is 14.9 Å². The van der Waals surface area contributed by atoms with E-state index in [4.69, 9.17) is 5.73 Å². The zero-order valence-corrected chi connectivity index (χ0v) is 19.8. The highest BCUT2D eigenvalue weighted by atomic mass is 35.5. The lowest BCUT2D eigenvalue weighted by Gasteiger charge is -2.24. The van der Waals surface area contributed by atoms with Gasteiger partial charge in [-0.25, -0.2) is 0 Å². The van der Waals surface area contributed by atoms with Crippen LogP contribution < -0.4 is 11.1 Å². The molecule has 0 spiro atoms. The largest absolute Gasteiger partial charge is 0.344 e. The summed E-state index contributed by atoms with van der Waals surface area (Å²) >= 11 is 0. The average molecular weight is 463 g/mol. The number of rotatable bonds is 9. The number of pyridine rings is 1. The third-order valence-electron chi connectivity index (χ3n) is 6.39. The third kappa shape index (κ3) is 6.23. The number of nitrogens with one attached hydrogen (secondary N) is 1. The summed E-state index contributed by atoms with van der Waals surface area (Å²) in [4.78, 5) is 4.25. The van der Waals surface area contributed by atoms with Crippen molar-refractivity contribution in [3.8, 4) is 0 Å². The maximum absolute atomic E-state index is 5.64. The van der Waals surface area contributed by atoms with Gasteiger partial charge in [0, 0.05) is 41.5 Å². The minimum Gasteiger partial charge on any atom is -0.344 e. The fraction of sp³-hybridized carbons (Fsp3) is 0.480. The fourth-order valence-electron chi connectivity index (χ4n) is 4.87. The maximum Gasteiger partial charge on any atom is 0.0485 e. The summed E-state index contributed by atoms with van der Waals surface area (Å²) in [6, 6.07) is 14.0. The quantitative estimate of drug-likeness (QED) is 0.392. The van der Waals surface area contributed by atoms with Crippen LogP contribution in [0.2, 0.25) is 0 Å². The molecule has 0 radical (unpaired) electrons. The number of benzene rings is 1. The highest BCUT2D eigenvalue weighted by Gasteiger charge is 2.23. The molecule has 4 rings (SSSR count). The summed E-state index contributed by atoms with van der Waals surface area (Å²) in [7, 11) is 0. The van der Waals surface area contributed by atoms with Gasteiger partial charge in [-0.1, -0.05) is 37.5 Å². The Morgan fingerprint density at radius 2 is 1.74 bits per heavy atom. The van der Waals surface area contributed by atoms with Crippen molar-refractivity contribution >= 4 is 35.7 Å². The number of para-hydroxylation sites is 1. The summed E-state index contributed by atoms with van der Waals surface area (Å²) < 4.78 is 2.58. The number of hydrogen-bond donors (Lipinski definition) is 2. The van der Waals surface area contributed by atoms with Crippen LogP contribution in [0.3, 0.4) is 0 Å². The predicted molar refractivity (Wildman–Crippen MR) is 136 cm³/mol. The van der Waals surface area contributed by atoms with E-state index in [-0.39, 0.29) is 24.8 Å². The molecule has 1 fully saturated rings. The molecule has 3 N–H and O–H groups in total. The Bertz CT molecular complexity index is 891. The zero-order valence-electron chi connectivity index (χ0n) is 18.2. The van der Waals surface area contributed by atoms with Crippen molar-refractivity contribution in [2.45, 2.75) is 56.9 Å². The Kier molecular flexibility index (Phi) is 10.8. The van der Waals surface area contributed by atoms with Crippen molar-refractivity contribution in [3.63, 3.8) is 0 Å². The van der Waals surface area contributed by atoms with Gasteiger partial charge in [0.15, 0.2) is 0 Å². The van der Waals surface area contributed by atoms with Gasteiger partial charge in [-0.3, -0.25) is 4.98 Å². The molecule has 0 saturated heterocycles. The number of aromatic nitrogens is 2. The first-order valence-corrected chi connectivity index (χ1v) is 11.3. The molecule has 4 nitrogen and oxygen atoms in total. The van der Waals surface area contributed by atoms with Crippen LogP contribution in [-0.4, -0.2) is 29.2 Å². The number of hydrogen-bond acceptors (Lipinski definition) is 3. The van der Waals surface area contributed by atoms with E-state index in [2.05, 4.69) is 57.5 Å². The molecule has 0 amide bonds. The van der Waals surface area contributed by atoms with Crippen molar-refractivity contribution < 1.29 is 0 Å². The van der Waals surface area contributed by atoms with Crippen LogP contribution in [0.25, 0.3) is 10.9 Å². The van der Waals surface area contributed by atoms with Crippen LogP contribution >= 0.6 is 24.8 Å². The molecule has 170 valence electrons. The van der Waals surface area contributed by atoms with Gasteiger partial charge < -0.3 is 15.6 Å².